The Bertz CT molecular complexity index is 379. The molecule has 0 aromatic heterocycles. The van der Waals surface area contributed by atoms with Gasteiger partial charge in [-0.3, -0.25) is 15.0 Å². The average molecular weight is 412 g/mol. The van der Waals surface area contributed by atoms with Crippen LogP contribution >= 0.6 is 0 Å². The summed E-state index contributed by atoms with van der Waals surface area (Å²) in [5.41, 5.74) is 5.62. The van der Waals surface area contributed by atoms with Crippen LogP contribution in [0.2, 0.25) is 0 Å². The smallest absolute Gasteiger partial charge is 0.308 e. The molecular formula is C24H49N3O2. The van der Waals surface area contributed by atoms with Crippen LogP contribution in [-0.4, -0.2) is 49.8 Å². The highest BCUT2D eigenvalue weighted by molar-refractivity contribution is 5.70. The molecule has 1 heterocycles. The molecule has 1 atom stereocenters. The number of ether oxygens (including phenoxy) is 1. The van der Waals surface area contributed by atoms with Crippen LogP contribution in [-0.2, 0) is 9.53 Å². The number of unbranched alkanes of at least 4 members (excludes halogenated alkanes) is 14. The van der Waals surface area contributed by atoms with Crippen LogP contribution in [0.15, 0.2) is 0 Å². The van der Waals surface area contributed by atoms with Crippen molar-refractivity contribution in [3.63, 3.8) is 0 Å². The number of carbonyl (C=O) groups is 1. The van der Waals surface area contributed by atoms with Crippen molar-refractivity contribution in [3.05, 3.63) is 0 Å². The van der Waals surface area contributed by atoms with Crippen LogP contribution in [0, 0.1) is 0 Å². The van der Waals surface area contributed by atoms with Gasteiger partial charge in [0.15, 0.2) is 0 Å². The Labute approximate surface area is 180 Å². The predicted molar refractivity (Wildman–Crippen MR) is 123 cm³/mol. The molecule has 0 aliphatic carbocycles. The van der Waals surface area contributed by atoms with E-state index in [0.717, 1.165) is 26.1 Å². The molecule has 1 fully saturated rings. The van der Waals surface area contributed by atoms with Crippen molar-refractivity contribution in [1.29, 1.82) is 0 Å². The number of esters is 1. The van der Waals surface area contributed by atoms with Crippen LogP contribution in [0.1, 0.15) is 110 Å². The van der Waals surface area contributed by atoms with Gasteiger partial charge in [0.25, 0.3) is 0 Å². The molecule has 172 valence electrons. The predicted octanol–water partition coefficient (Wildman–Crippen LogP) is 4.98. The Morgan fingerprint density at radius 3 is 1.93 bits per heavy atom. The first-order valence-corrected chi connectivity index (χ1v) is 12.6. The lowest BCUT2D eigenvalue weighted by Gasteiger charge is -2.22. The molecule has 0 saturated carbocycles. The first-order valence-electron chi connectivity index (χ1n) is 12.6. The normalized spacial score (nSPS) is 17.1. The van der Waals surface area contributed by atoms with Crippen LogP contribution in [0.5, 0.6) is 0 Å². The zero-order valence-corrected chi connectivity index (χ0v) is 19.3. The van der Waals surface area contributed by atoms with Crippen molar-refractivity contribution < 1.29 is 9.53 Å². The number of hydrogen-bond acceptors (Lipinski definition) is 5. The molecule has 0 amide bonds. The topological polar surface area (TPSA) is 67.6 Å². The van der Waals surface area contributed by atoms with Crippen LogP contribution < -0.4 is 11.1 Å². The largest absolute Gasteiger partial charge is 0.466 e. The lowest BCUT2D eigenvalue weighted by atomic mass is 10.0. The van der Waals surface area contributed by atoms with E-state index >= 15 is 0 Å². The lowest BCUT2D eigenvalue weighted by Crippen LogP contribution is -2.40. The molecule has 0 aromatic carbocycles. The van der Waals surface area contributed by atoms with E-state index in [0.29, 0.717) is 19.6 Å². The first kappa shape index (κ1) is 26.4. The standard InChI is InChI=1S/C24H49N3O2/c1-2-3-4-5-6-7-8-9-10-11-12-13-14-15-16-21-29-24(28)22-23-26-18-20-27(23)19-17-25/h23,26H,2-22,25H2,1H3. The highest BCUT2D eigenvalue weighted by Crippen LogP contribution is 2.13. The first-order chi connectivity index (χ1) is 14.3. The Morgan fingerprint density at radius 2 is 1.41 bits per heavy atom. The van der Waals surface area contributed by atoms with E-state index in [1.807, 2.05) is 0 Å². The highest BCUT2D eigenvalue weighted by Gasteiger charge is 2.25. The van der Waals surface area contributed by atoms with E-state index in [4.69, 9.17) is 10.5 Å². The van der Waals surface area contributed by atoms with Crippen molar-refractivity contribution in [2.24, 2.45) is 5.73 Å². The number of nitrogens with one attached hydrogen (secondary N) is 1. The van der Waals surface area contributed by atoms with Crippen molar-refractivity contribution in [2.45, 2.75) is 116 Å². The molecule has 29 heavy (non-hydrogen) atoms. The van der Waals surface area contributed by atoms with Gasteiger partial charge in [-0.05, 0) is 6.42 Å². The molecule has 1 aliphatic heterocycles. The molecule has 1 aliphatic rings. The zero-order valence-electron chi connectivity index (χ0n) is 19.3. The van der Waals surface area contributed by atoms with Gasteiger partial charge in [-0.1, -0.05) is 96.8 Å². The van der Waals surface area contributed by atoms with Gasteiger partial charge in [0.05, 0.1) is 19.2 Å². The number of hydrogen-bond donors (Lipinski definition) is 2. The number of nitrogens with two attached hydrogens (primary N) is 1. The number of carbonyl (C=O) groups excluding carboxylic acids is 1. The summed E-state index contributed by atoms with van der Waals surface area (Å²) >= 11 is 0. The average Bonchev–Trinajstić information content (AvgIpc) is 3.14. The van der Waals surface area contributed by atoms with Gasteiger partial charge < -0.3 is 10.5 Å². The SMILES string of the molecule is CCCCCCCCCCCCCCCCCOC(=O)CC1NCCN1CCN. The fourth-order valence-corrected chi connectivity index (χ4v) is 4.17. The van der Waals surface area contributed by atoms with Crippen molar-refractivity contribution in [3.8, 4) is 0 Å². The van der Waals surface area contributed by atoms with E-state index < -0.39 is 0 Å². The minimum absolute atomic E-state index is 0.0863. The summed E-state index contributed by atoms with van der Waals surface area (Å²) in [7, 11) is 0. The summed E-state index contributed by atoms with van der Waals surface area (Å²) in [6, 6.07) is 0. The summed E-state index contributed by atoms with van der Waals surface area (Å²) in [5.74, 6) is -0.0863. The van der Waals surface area contributed by atoms with Gasteiger partial charge in [0, 0.05) is 26.2 Å². The molecule has 1 rings (SSSR count). The molecule has 5 nitrogen and oxygen atoms in total. The summed E-state index contributed by atoms with van der Waals surface area (Å²) < 4.78 is 5.41. The Morgan fingerprint density at radius 1 is 0.897 bits per heavy atom. The van der Waals surface area contributed by atoms with Crippen molar-refractivity contribution in [1.82, 2.24) is 10.2 Å². The molecular weight excluding hydrogens is 362 g/mol. The van der Waals surface area contributed by atoms with E-state index in [2.05, 4.69) is 17.1 Å². The highest BCUT2D eigenvalue weighted by atomic mass is 16.5. The third kappa shape index (κ3) is 14.9. The van der Waals surface area contributed by atoms with E-state index in [-0.39, 0.29) is 12.1 Å². The van der Waals surface area contributed by atoms with Gasteiger partial charge in [-0.2, -0.15) is 0 Å². The maximum absolute atomic E-state index is 12.0. The Hall–Kier alpha value is -0.650. The molecule has 5 heteroatoms. The molecule has 1 unspecified atom stereocenters. The van der Waals surface area contributed by atoms with Crippen LogP contribution in [0.3, 0.4) is 0 Å². The summed E-state index contributed by atoms with van der Waals surface area (Å²) in [6.07, 6.45) is 20.8. The molecule has 0 aromatic rings. The minimum atomic E-state index is -0.0863. The summed E-state index contributed by atoms with van der Waals surface area (Å²) in [5, 5.41) is 3.35. The number of nitrogens with zero attached hydrogens (tertiary/aromatic N) is 1. The second-order valence-corrected chi connectivity index (χ2v) is 8.67. The second-order valence-electron chi connectivity index (χ2n) is 8.67. The van der Waals surface area contributed by atoms with Crippen molar-refractivity contribution in [2.75, 3.05) is 32.8 Å². The molecule has 1 saturated heterocycles. The maximum atomic E-state index is 12.0. The molecule has 0 spiro atoms. The summed E-state index contributed by atoms with van der Waals surface area (Å²) in [6.45, 7) is 6.21. The monoisotopic (exact) mass is 411 g/mol. The fourth-order valence-electron chi connectivity index (χ4n) is 4.17. The Balaban J connectivity index is 1.79. The maximum Gasteiger partial charge on any atom is 0.308 e. The number of rotatable bonds is 20. The zero-order chi connectivity index (χ0) is 21.0. The van der Waals surface area contributed by atoms with E-state index in [9.17, 15) is 4.79 Å². The van der Waals surface area contributed by atoms with Crippen LogP contribution in [0.4, 0.5) is 0 Å². The van der Waals surface area contributed by atoms with Crippen LogP contribution in [0.25, 0.3) is 0 Å². The Kier molecular flexibility index (Phi) is 17.6. The van der Waals surface area contributed by atoms with E-state index in [1.165, 1.54) is 89.9 Å². The molecule has 3 N–H and O–H groups in total. The van der Waals surface area contributed by atoms with E-state index in [1.54, 1.807) is 0 Å². The van der Waals surface area contributed by atoms with Gasteiger partial charge in [0.1, 0.15) is 0 Å². The minimum Gasteiger partial charge on any atom is -0.466 e. The quantitative estimate of drug-likeness (QED) is 0.218. The van der Waals surface area contributed by atoms with Gasteiger partial charge in [-0.25, -0.2) is 0 Å². The molecule has 0 bridgehead atoms. The molecule has 0 radical (unpaired) electrons. The third-order valence-corrected chi connectivity index (χ3v) is 6.01. The third-order valence-electron chi connectivity index (χ3n) is 6.01. The lowest BCUT2D eigenvalue weighted by molar-refractivity contribution is -0.145. The summed E-state index contributed by atoms with van der Waals surface area (Å²) in [4.78, 5) is 14.2. The van der Waals surface area contributed by atoms with Crippen molar-refractivity contribution >= 4 is 5.97 Å². The second kappa shape index (κ2) is 19.3. The fraction of sp³-hybridized carbons (Fsp3) is 0.958. The van der Waals surface area contributed by atoms with Gasteiger partial charge in [0.2, 0.25) is 0 Å². The van der Waals surface area contributed by atoms with Gasteiger partial charge in [-0.15, -0.1) is 0 Å². The van der Waals surface area contributed by atoms with Gasteiger partial charge >= 0.3 is 5.97 Å².